The van der Waals surface area contributed by atoms with Crippen LogP contribution in [0.2, 0.25) is 0 Å². The highest BCUT2D eigenvalue weighted by Crippen LogP contribution is 2.25. The van der Waals surface area contributed by atoms with Gasteiger partial charge in [-0.15, -0.1) is 0 Å². The van der Waals surface area contributed by atoms with Crippen LogP contribution < -0.4 is 4.31 Å². The summed E-state index contributed by atoms with van der Waals surface area (Å²) in [7, 11) is -4.05. The van der Waals surface area contributed by atoms with Gasteiger partial charge in [0.1, 0.15) is 0 Å². The summed E-state index contributed by atoms with van der Waals surface area (Å²) in [6.07, 6.45) is 0.116. The van der Waals surface area contributed by atoms with Crippen molar-refractivity contribution in [2.24, 2.45) is 0 Å². The molecule has 2 rings (SSSR count). The number of aliphatic carboxylic acids is 1. The lowest BCUT2D eigenvalue weighted by Gasteiger charge is -2.24. The Labute approximate surface area is 134 Å². The van der Waals surface area contributed by atoms with Crippen molar-refractivity contribution in [3.63, 3.8) is 0 Å². The molecular weight excluding hydrogens is 318 g/mol. The van der Waals surface area contributed by atoms with E-state index in [1.165, 1.54) is 18.2 Å². The Hall–Kier alpha value is -2.67. The second-order valence-electron chi connectivity index (χ2n) is 4.71. The molecule has 0 atom stereocenters. The number of carboxylic acid groups (broad SMARTS) is 1. The van der Waals surface area contributed by atoms with Crippen LogP contribution in [0.25, 0.3) is 0 Å². The van der Waals surface area contributed by atoms with Gasteiger partial charge in [-0.25, -0.2) is 8.42 Å². The average Bonchev–Trinajstić information content (AvgIpc) is 2.55. The first kappa shape index (κ1) is 16.7. The number of hydrogen-bond donors (Lipinski definition) is 1. The number of para-hydroxylation sites is 1. The lowest BCUT2D eigenvalue weighted by molar-refractivity contribution is -0.136. The zero-order valence-corrected chi connectivity index (χ0v) is 12.9. The van der Waals surface area contributed by atoms with E-state index in [1.807, 2.05) is 0 Å². The van der Waals surface area contributed by atoms with Gasteiger partial charge in [-0.2, -0.15) is 0 Å². The Kier molecular flexibility index (Phi) is 5.13. The van der Waals surface area contributed by atoms with Gasteiger partial charge in [0.05, 0.1) is 17.0 Å². The molecule has 0 heterocycles. The van der Waals surface area contributed by atoms with Crippen molar-refractivity contribution in [2.75, 3.05) is 10.8 Å². The first-order chi connectivity index (χ1) is 11.0. The maximum atomic E-state index is 12.9. The Bertz CT molecular complexity index is 802. The number of sulfonamides is 1. The lowest BCUT2D eigenvalue weighted by atomic mass is 10.2. The number of carbonyl (C=O) groups is 2. The predicted molar refractivity (Wildman–Crippen MR) is 85.1 cm³/mol. The molecule has 0 aliphatic rings. The molecule has 0 fully saturated rings. The molecule has 120 valence electrons. The van der Waals surface area contributed by atoms with Gasteiger partial charge in [0, 0.05) is 12.1 Å². The normalized spacial score (nSPS) is 11.0. The van der Waals surface area contributed by atoms with Crippen molar-refractivity contribution in [2.45, 2.75) is 11.3 Å². The first-order valence-corrected chi connectivity index (χ1v) is 8.24. The second kappa shape index (κ2) is 7.06. The summed E-state index contributed by atoms with van der Waals surface area (Å²) >= 11 is 0. The molecule has 23 heavy (non-hydrogen) atoms. The van der Waals surface area contributed by atoms with Crippen LogP contribution in [-0.4, -0.2) is 32.3 Å². The number of hydrogen-bond acceptors (Lipinski definition) is 4. The van der Waals surface area contributed by atoms with Crippen molar-refractivity contribution < 1.29 is 23.1 Å². The maximum Gasteiger partial charge on any atom is 0.305 e. The van der Waals surface area contributed by atoms with Gasteiger partial charge in [-0.05, 0) is 18.2 Å². The van der Waals surface area contributed by atoms with Crippen LogP contribution in [0, 0.1) is 0 Å². The van der Waals surface area contributed by atoms with Crippen LogP contribution >= 0.6 is 0 Å². The molecule has 1 N–H and O–H groups in total. The van der Waals surface area contributed by atoms with Crippen LogP contribution in [-0.2, 0) is 14.8 Å². The van der Waals surface area contributed by atoms with Crippen molar-refractivity contribution in [3.05, 3.63) is 60.2 Å². The number of nitrogens with zero attached hydrogens (tertiary/aromatic N) is 1. The molecule has 0 aliphatic heterocycles. The molecule has 0 aromatic heterocycles. The molecule has 0 aliphatic carbocycles. The third-order valence-corrected chi connectivity index (χ3v) is 5.09. The van der Waals surface area contributed by atoms with E-state index in [0.29, 0.717) is 12.0 Å². The SMILES string of the molecule is O=Cc1ccccc1S(=O)(=O)N(CCC(=O)O)c1ccccc1. The van der Waals surface area contributed by atoms with Gasteiger partial charge < -0.3 is 5.11 Å². The minimum Gasteiger partial charge on any atom is -0.481 e. The van der Waals surface area contributed by atoms with E-state index in [9.17, 15) is 18.0 Å². The van der Waals surface area contributed by atoms with Gasteiger partial charge in [0.15, 0.2) is 6.29 Å². The highest BCUT2D eigenvalue weighted by molar-refractivity contribution is 7.93. The largest absolute Gasteiger partial charge is 0.481 e. The summed E-state index contributed by atoms with van der Waals surface area (Å²) in [5, 5.41) is 8.87. The molecule has 7 heteroatoms. The number of carboxylic acids is 1. The van der Waals surface area contributed by atoms with Gasteiger partial charge in [-0.3, -0.25) is 13.9 Å². The molecule has 0 amide bonds. The van der Waals surface area contributed by atoms with Crippen molar-refractivity contribution in [1.29, 1.82) is 0 Å². The molecule has 0 saturated carbocycles. The monoisotopic (exact) mass is 333 g/mol. The maximum absolute atomic E-state index is 12.9. The Balaban J connectivity index is 2.53. The van der Waals surface area contributed by atoms with Crippen molar-refractivity contribution in [1.82, 2.24) is 0 Å². The van der Waals surface area contributed by atoms with E-state index in [0.717, 1.165) is 4.31 Å². The van der Waals surface area contributed by atoms with Crippen LogP contribution in [0.4, 0.5) is 5.69 Å². The minimum atomic E-state index is -4.05. The standard InChI is InChI=1S/C16H15NO5S/c18-12-13-6-4-5-9-15(13)23(21,22)17(11-10-16(19)20)14-7-2-1-3-8-14/h1-9,12H,10-11H2,(H,19,20). The minimum absolute atomic E-state index is 0.0313. The summed E-state index contributed by atoms with van der Waals surface area (Å²) in [5.41, 5.74) is 0.373. The van der Waals surface area contributed by atoms with Gasteiger partial charge in [-0.1, -0.05) is 36.4 Å². The third kappa shape index (κ3) is 3.75. The van der Waals surface area contributed by atoms with E-state index >= 15 is 0 Å². The van der Waals surface area contributed by atoms with Gasteiger partial charge in [0.25, 0.3) is 10.0 Å². The van der Waals surface area contributed by atoms with E-state index in [2.05, 4.69) is 0 Å². The molecule has 2 aromatic rings. The predicted octanol–water partition coefficient (Wildman–Crippen LogP) is 2.17. The van der Waals surface area contributed by atoms with E-state index in [1.54, 1.807) is 36.4 Å². The quantitative estimate of drug-likeness (QED) is 0.784. The summed E-state index contributed by atoms with van der Waals surface area (Å²) in [6.45, 7) is -0.227. The van der Waals surface area contributed by atoms with Crippen LogP contribution in [0.5, 0.6) is 0 Å². The number of anilines is 1. The molecule has 2 aromatic carbocycles. The molecule has 0 unspecified atom stereocenters. The second-order valence-corrected chi connectivity index (χ2v) is 6.54. The van der Waals surface area contributed by atoms with Crippen LogP contribution in [0.3, 0.4) is 0 Å². The number of benzene rings is 2. The van der Waals surface area contributed by atoms with E-state index < -0.39 is 16.0 Å². The molecule has 0 bridgehead atoms. The molecule has 0 spiro atoms. The summed E-state index contributed by atoms with van der Waals surface area (Å²) in [4.78, 5) is 21.8. The number of rotatable bonds is 7. The van der Waals surface area contributed by atoms with Gasteiger partial charge in [0.2, 0.25) is 0 Å². The average molecular weight is 333 g/mol. The Morgan fingerprint density at radius 2 is 1.65 bits per heavy atom. The summed E-state index contributed by atoms with van der Waals surface area (Å²) < 4.78 is 26.8. The van der Waals surface area contributed by atoms with Gasteiger partial charge >= 0.3 is 5.97 Å². The Morgan fingerprint density at radius 3 is 2.26 bits per heavy atom. The van der Waals surface area contributed by atoms with Crippen molar-refractivity contribution >= 4 is 28.0 Å². The third-order valence-electron chi connectivity index (χ3n) is 3.19. The zero-order valence-electron chi connectivity index (χ0n) is 12.1. The highest BCUT2D eigenvalue weighted by atomic mass is 32.2. The summed E-state index contributed by atoms with van der Waals surface area (Å²) in [6, 6.07) is 14.0. The zero-order chi connectivity index (χ0) is 16.9. The first-order valence-electron chi connectivity index (χ1n) is 6.80. The summed E-state index contributed by atoms with van der Waals surface area (Å²) in [5.74, 6) is -1.11. The number of carbonyl (C=O) groups excluding carboxylic acids is 1. The lowest BCUT2D eigenvalue weighted by Crippen LogP contribution is -2.33. The molecule has 0 radical (unpaired) electrons. The molecule has 0 saturated heterocycles. The fourth-order valence-corrected chi connectivity index (χ4v) is 3.74. The number of aldehydes is 1. The van der Waals surface area contributed by atoms with Crippen LogP contribution in [0.1, 0.15) is 16.8 Å². The topological polar surface area (TPSA) is 91.8 Å². The molecule has 6 nitrogen and oxygen atoms in total. The van der Waals surface area contributed by atoms with E-state index in [4.69, 9.17) is 5.11 Å². The fourth-order valence-electron chi connectivity index (χ4n) is 2.11. The van der Waals surface area contributed by atoms with E-state index in [-0.39, 0.29) is 23.4 Å². The Morgan fingerprint density at radius 1 is 1.04 bits per heavy atom. The molecular formula is C16H15NO5S. The fraction of sp³-hybridized carbons (Fsp3) is 0.125. The van der Waals surface area contributed by atoms with Crippen LogP contribution in [0.15, 0.2) is 59.5 Å². The van der Waals surface area contributed by atoms with Crippen molar-refractivity contribution in [3.8, 4) is 0 Å². The highest BCUT2D eigenvalue weighted by Gasteiger charge is 2.27. The smallest absolute Gasteiger partial charge is 0.305 e.